The molecule has 0 amide bonds. The summed E-state index contributed by atoms with van der Waals surface area (Å²) in [7, 11) is 0. The summed E-state index contributed by atoms with van der Waals surface area (Å²) in [6.45, 7) is 0. The van der Waals surface area contributed by atoms with E-state index in [-0.39, 0.29) is 17.1 Å². The molecule has 0 fully saturated rings. The van der Waals surface area contributed by atoms with Gasteiger partial charge in [0, 0.05) is 6.07 Å². The number of halogens is 1. The number of thiazole rings is 1. The molecule has 1 N–H and O–H groups in total. The van der Waals surface area contributed by atoms with Crippen molar-refractivity contribution in [1.82, 2.24) is 4.98 Å². The number of benzene rings is 2. The molecule has 2 aromatic carbocycles. The van der Waals surface area contributed by atoms with Gasteiger partial charge >= 0.3 is 5.97 Å². The molecule has 0 saturated carbocycles. The zero-order valence-electron chi connectivity index (χ0n) is 12.7. The number of nitrogens with zero attached hydrogens (tertiary/aromatic N) is 2. The van der Waals surface area contributed by atoms with E-state index in [2.05, 4.69) is 4.98 Å². The van der Waals surface area contributed by atoms with Crippen molar-refractivity contribution in [2.24, 2.45) is 0 Å². The number of carboxylic acid groups (broad SMARTS) is 1. The first-order chi connectivity index (χ1) is 11.9. The van der Waals surface area contributed by atoms with E-state index in [1.165, 1.54) is 23.5 Å². The molecular weight excluding hydrogens is 364 g/mol. The van der Waals surface area contributed by atoms with Gasteiger partial charge in [-0.25, -0.2) is 4.98 Å². The Morgan fingerprint density at radius 3 is 2.76 bits per heavy atom. The molecule has 0 atom stereocenters. The lowest BCUT2D eigenvalue weighted by Crippen LogP contribution is -1.97. The minimum atomic E-state index is -1.01. The molecule has 0 saturated heterocycles. The van der Waals surface area contributed by atoms with Gasteiger partial charge in [-0.3, -0.25) is 14.9 Å². The van der Waals surface area contributed by atoms with Crippen LogP contribution in [0.15, 0.2) is 42.5 Å². The Bertz CT molecular complexity index is 980. The van der Waals surface area contributed by atoms with Crippen LogP contribution in [0.5, 0.6) is 0 Å². The number of hydrogen-bond acceptors (Lipinski definition) is 5. The molecule has 1 aromatic heterocycles. The number of aromatic nitrogens is 1. The maximum atomic E-state index is 11.2. The van der Waals surface area contributed by atoms with Gasteiger partial charge in [0.05, 0.1) is 21.6 Å². The molecule has 3 rings (SSSR count). The summed E-state index contributed by atoms with van der Waals surface area (Å²) in [5, 5.41) is 20.8. The van der Waals surface area contributed by atoms with E-state index in [4.69, 9.17) is 11.6 Å². The molecular formula is C17H11ClN2O4S. The highest BCUT2D eigenvalue weighted by Crippen LogP contribution is 2.32. The van der Waals surface area contributed by atoms with Crippen LogP contribution in [0.3, 0.4) is 0 Å². The highest BCUT2D eigenvalue weighted by atomic mass is 35.5. The number of nitro benzene ring substituents is 1. The highest BCUT2D eigenvalue weighted by molar-refractivity contribution is 7.19. The van der Waals surface area contributed by atoms with Gasteiger partial charge in [0.25, 0.3) is 5.69 Å². The predicted molar refractivity (Wildman–Crippen MR) is 97.9 cm³/mol. The largest absolute Gasteiger partial charge is 0.481 e. The van der Waals surface area contributed by atoms with Crippen molar-refractivity contribution in [3.8, 4) is 0 Å². The van der Waals surface area contributed by atoms with Gasteiger partial charge in [0.15, 0.2) is 0 Å². The second kappa shape index (κ2) is 7.00. The molecule has 6 nitrogen and oxygen atoms in total. The molecule has 0 radical (unpaired) electrons. The van der Waals surface area contributed by atoms with Gasteiger partial charge in [0.1, 0.15) is 10.0 Å². The minimum Gasteiger partial charge on any atom is -0.481 e. The van der Waals surface area contributed by atoms with Crippen LogP contribution in [0.25, 0.3) is 21.9 Å². The smallest absolute Gasteiger partial charge is 0.307 e. The molecule has 0 aliphatic carbocycles. The quantitative estimate of drug-likeness (QED) is 0.507. The van der Waals surface area contributed by atoms with Crippen LogP contribution >= 0.6 is 22.9 Å². The average Bonchev–Trinajstić information content (AvgIpc) is 2.99. The summed E-state index contributed by atoms with van der Waals surface area (Å²) >= 11 is 7.19. The van der Waals surface area contributed by atoms with Crippen LogP contribution in [0.4, 0.5) is 5.69 Å². The zero-order chi connectivity index (χ0) is 18.0. The zero-order valence-corrected chi connectivity index (χ0v) is 14.3. The summed E-state index contributed by atoms with van der Waals surface area (Å²) in [6, 6.07) is 11.8. The fraction of sp³-hybridized carbons (Fsp3) is 0.0588. The maximum absolute atomic E-state index is 11.2. The molecule has 0 aliphatic heterocycles. The lowest BCUT2D eigenvalue weighted by Gasteiger charge is -2.02. The van der Waals surface area contributed by atoms with E-state index in [9.17, 15) is 20.0 Å². The van der Waals surface area contributed by atoms with Gasteiger partial charge in [-0.2, -0.15) is 0 Å². The molecule has 3 aromatic rings. The fourth-order valence-corrected chi connectivity index (χ4v) is 3.49. The standard InChI is InChI=1S/C17H11ClN2O4S/c18-12-6-5-10(8-14(12)20(23)24)7-11(9-16(21)22)17-19-13-3-1-2-4-15(13)25-17/h1-8H,9H2,(H,21,22)/b11-7+. The molecule has 25 heavy (non-hydrogen) atoms. The molecule has 0 aliphatic rings. The van der Waals surface area contributed by atoms with Gasteiger partial charge in [-0.1, -0.05) is 29.8 Å². The summed E-state index contributed by atoms with van der Waals surface area (Å²) in [5.41, 5.74) is 1.52. The number of rotatable bonds is 5. The Labute approximate surface area is 151 Å². The first-order valence-electron chi connectivity index (χ1n) is 7.16. The summed E-state index contributed by atoms with van der Waals surface area (Å²) in [4.78, 5) is 26.1. The number of hydrogen-bond donors (Lipinski definition) is 1. The van der Waals surface area contributed by atoms with Gasteiger partial charge in [-0.15, -0.1) is 11.3 Å². The summed E-state index contributed by atoms with van der Waals surface area (Å²) in [5.74, 6) is -1.01. The number of para-hydroxylation sites is 1. The normalized spacial score (nSPS) is 11.6. The Morgan fingerprint density at radius 2 is 2.08 bits per heavy atom. The van der Waals surface area contributed by atoms with E-state index in [0.717, 1.165) is 10.2 Å². The number of aliphatic carboxylic acids is 1. The van der Waals surface area contributed by atoms with Crippen LogP contribution in [-0.2, 0) is 4.79 Å². The lowest BCUT2D eigenvalue weighted by atomic mass is 10.1. The van der Waals surface area contributed by atoms with E-state index in [0.29, 0.717) is 16.1 Å². The predicted octanol–water partition coefficient (Wildman–Crippen LogP) is 4.87. The third kappa shape index (κ3) is 3.84. The van der Waals surface area contributed by atoms with Gasteiger partial charge in [-0.05, 0) is 35.4 Å². The van der Waals surface area contributed by atoms with Crippen LogP contribution in [0, 0.1) is 10.1 Å². The Hall–Kier alpha value is -2.77. The number of fused-ring (bicyclic) bond motifs is 1. The van der Waals surface area contributed by atoms with Crippen LogP contribution in [0.1, 0.15) is 17.0 Å². The number of nitro groups is 1. The summed E-state index contributed by atoms with van der Waals surface area (Å²) in [6.07, 6.45) is 1.35. The van der Waals surface area contributed by atoms with E-state index >= 15 is 0 Å². The van der Waals surface area contributed by atoms with Crippen LogP contribution in [0.2, 0.25) is 5.02 Å². The monoisotopic (exact) mass is 374 g/mol. The molecule has 1 heterocycles. The van der Waals surface area contributed by atoms with Crippen molar-refractivity contribution >= 4 is 56.5 Å². The van der Waals surface area contributed by atoms with E-state index < -0.39 is 10.9 Å². The molecule has 126 valence electrons. The van der Waals surface area contributed by atoms with Crippen LogP contribution < -0.4 is 0 Å². The van der Waals surface area contributed by atoms with E-state index in [1.54, 1.807) is 12.1 Å². The highest BCUT2D eigenvalue weighted by Gasteiger charge is 2.15. The molecule has 0 bridgehead atoms. The molecule has 0 unspecified atom stereocenters. The lowest BCUT2D eigenvalue weighted by molar-refractivity contribution is -0.384. The van der Waals surface area contributed by atoms with Crippen molar-refractivity contribution in [1.29, 1.82) is 0 Å². The maximum Gasteiger partial charge on any atom is 0.307 e. The first-order valence-corrected chi connectivity index (χ1v) is 8.36. The Morgan fingerprint density at radius 1 is 1.32 bits per heavy atom. The Balaban J connectivity index is 2.09. The van der Waals surface area contributed by atoms with Crippen molar-refractivity contribution in [2.75, 3.05) is 0 Å². The van der Waals surface area contributed by atoms with Crippen molar-refractivity contribution in [2.45, 2.75) is 6.42 Å². The Kier molecular flexibility index (Phi) is 4.78. The third-order valence-corrected chi connectivity index (χ3v) is 4.85. The SMILES string of the molecule is O=C(O)C/C(=C\c1ccc(Cl)c([N+](=O)[O-])c1)c1nc2ccccc2s1. The second-order valence-electron chi connectivity index (χ2n) is 5.19. The summed E-state index contributed by atoms with van der Waals surface area (Å²) < 4.78 is 0.941. The van der Waals surface area contributed by atoms with Gasteiger partial charge < -0.3 is 5.11 Å². The average molecular weight is 375 g/mol. The van der Waals surface area contributed by atoms with Crippen molar-refractivity contribution in [3.63, 3.8) is 0 Å². The van der Waals surface area contributed by atoms with Crippen LogP contribution in [-0.4, -0.2) is 21.0 Å². The topological polar surface area (TPSA) is 93.3 Å². The minimum absolute atomic E-state index is 0.0296. The fourth-order valence-electron chi connectivity index (χ4n) is 2.32. The van der Waals surface area contributed by atoms with E-state index in [1.807, 2.05) is 24.3 Å². The number of carbonyl (C=O) groups is 1. The first kappa shape index (κ1) is 17.1. The van der Waals surface area contributed by atoms with Crippen molar-refractivity contribution < 1.29 is 14.8 Å². The number of carboxylic acids is 1. The van der Waals surface area contributed by atoms with Gasteiger partial charge in [0.2, 0.25) is 0 Å². The molecule has 0 spiro atoms. The third-order valence-electron chi connectivity index (χ3n) is 3.42. The molecule has 8 heteroatoms. The van der Waals surface area contributed by atoms with Crippen molar-refractivity contribution in [3.05, 3.63) is 68.2 Å². The second-order valence-corrected chi connectivity index (χ2v) is 6.63.